The first-order valence-corrected chi connectivity index (χ1v) is 6.95. The first-order valence-electron chi connectivity index (χ1n) is 6.19. The van der Waals surface area contributed by atoms with Gasteiger partial charge in [0.15, 0.2) is 5.43 Å². The minimum Gasteiger partial charge on any atom is -0.357 e. The molecule has 1 heterocycles. The second kappa shape index (κ2) is 4.60. The molecule has 94 valence electrons. The Labute approximate surface area is 115 Å². The lowest BCUT2D eigenvalue weighted by molar-refractivity contribution is 0.708. The van der Waals surface area contributed by atoms with Crippen LogP contribution in [0.1, 0.15) is 30.5 Å². The van der Waals surface area contributed by atoms with E-state index < -0.39 is 0 Å². The summed E-state index contributed by atoms with van der Waals surface area (Å²) in [4.78, 5) is 15.8. The Morgan fingerprint density at radius 1 is 1.06 bits per heavy atom. The van der Waals surface area contributed by atoms with Crippen LogP contribution < -0.4 is 5.43 Å². The average molecular weight is 282 g/mol. The molecule has 0 radical (unpaired) electrons. The van der Waals surface area contributed by atoms with Gasteiger partial charge >= 0.3 is 0 Å². The van der Waals surface area contributed by atoms with Crippen LogP contribution in [0.5, 0.6) is 0 Å². The number of pyridine rings is 1. The predicted molar refractivity (Wildman–Crippen MR) is 75.8 cm³/mol. The maximum Gasteiger partial charge on any atom is 0.192 e. The third kappa shape index (κ3) is 1.94. The minimum atomic E-state index is 0.0880. The van der Waals surface area contributed by atoms with Gasteiger partial charge in [-0.2, -0.15) is 0 Å². The van der Waals surface area contributed by atoms with Crippen molar-refractivity contribution in [1.29, 1.82) is 0 Å². The van der Waals surface area contributed by atoms with Crippen molar-refractivity contribution in [3.05, 3.63) is 43.7 Å². The largest absolute Gasteiger partial charge is 0.357 e. The number of nitrogens with one attached hydrogen (secondary N) is 1. The number of aromatic nitrogens is 1. The molecular weight excluding hydrogens is 269 g/mol. The van der Waals surface area contributed by atoms with E-state index in [-0.39, 0.29) is 5.43 Å². The third-order valence-corrected chi connectivity index (χ3v) is 4.08. The number of halogens is 2. The second-order valence-electron chi connectivity index (χ2n) is 4.78. The maximum atomic E-state index is 12.5. The molecule has 2 nitrogen and oxygen atoms in total. The summed E-state index contributed by atoms with van der Waals surface area (Å²) >= 11 is 12.1. The molecule has 0 bridgehead atoms. The number of aryl methyl sites for hydroxylation is 1. The Balaban J connectivity index is 2.38. The summed E-state index contributed by atoms with van der Waals surface area (Å²) in [6.07, 6.45) is 5.16. The molecule has 1 N–H and O–H groups in total. The van der Waals surface area contributed by atoms with Crippen molar-refractivity contribution < 1.29 is 0 Å². The van der Waals surface area contributed by atoms with Gasteiger partial charge in [-0.3, -0.25) is 4.79 Å². The van der Waals surface area contributed by atoms with E-state index in [2.05, 4.69) is 4.98 Å². The molecule has 18 heavy (non-hydrogen) atoms. The van der Waals surface area contributed by atoms with Crippen LogP contribution in [0.15, 0.2) is 16.9 Å². The van der Waals surface area contributed by atoms with Crippen molar-refractivity contribution in [2.24, 2.45) is 0 Å². The molecule has 2 aromatic rings. The van der Waals surface area contributed by atoms with Gasteiger partial charge in [0.25, 0.3) is 0 Å². The summed E-state index contributed by atoms with van der Waals surface area (Å²) in [7, 11) is 0. The van der Waals surface area contributed by atoms with Crippen LogP contribution in [-0.2, 0) is 12.8 Å². The average Bonchev–Trinajstić information content (AvgIpc) is 2.56. The number of aromatic amines is 1. The minimum absolute atomic E-state index is 0.0880. The van der Waals surface area contributed by atoms with E-state index in [1.807, 2.05) is 0 Å². The number of H-pyrrole nitrogens is 1. The molecular formula is C14H13Cl2NO. The van der Waals surface area contributed by atoms with Crippen LogP contribution in [0.3, 0.4) is 0 Å². The molecule has 0 aliphatic heterocycles. The van der Waals surface area contributed by atoms with Crippen LogP contribution in [0.4, 0.5) is 0 Å². The fourth-order valence-electron chi connectivity index (χ4n) is 2.66. The zero-order valence-electron chi connectivity index (χ0n) is 9.85. The number of hydrogen-bond donors (Lipinski definition) is 1. The van der Waals surface area contributed by atoms with Crippen molar-refractivity contribution in [2.75, 3.05) is 0 Å². The molecule has 0 saturated carbocycles. The van der Waals surface area contributed by atoms with Gasteiger partial charge in [0.2, 0.25) is 0 Å². The quantitative estimate of drug-likeness (QED) is 0.725. The molecule has 1 aromatic heterocycles. The van der Waals surface area contributed by atoms with Gasteiger partial charge in [-0.05, 0) is 37.8 Å². The highest BCUT2D eigenvalue weighted by Gasteiger charge is 2.16. The van der Waals surface area contributed by atoms with E-state index in [0.717, 1.165) is 36.9 Å². The lowest BCUT2D eigenvalue weighted by Crippen LogP contribution is -2.14. The van der Waals surface area contributed by atoms with Crippen LogP contribution in [0.25, 0.3) is 10.9 Å². The molecule has 1 aliphatic carbocycles. The molecule has 3 rings (SSSR count). The van der Waals surface area contributed by atoms with Crippen molar-refractivity contribution in [2.45, 2.75) is 32.1 Å². The summed E-state index contributed by atoms with van der Waals surface area (Å²) < 4.78 is 0. The lowest BCUT2D eigenvalue weighted by Gasteiger charge is -2.09. The second-order valence-corrected chi connectivity index (χ2v) is 5.63. The molecule has 1 aliphatic rings. The Morgan fingerprint density at radius 3 is 2.67 bits per heavy atom. The Morgan fingerprint density at radius 2 is 1.83 bits per heavy atom. The molecule has 1 aromatic carbocycles. The number of hydrogen-bond acceptors (Lipinski definition) is 1. The number of rotatable bonds is 0. The van der Waals surface area contributed by atoms with Crippen molar-refractivity contribution in [3.63, 3.8) is 0 Å². The molecule has 0 spiro atoms. The van der Waals surface area contributed by atoms with Crippen LogP contribution in [-0.4, -0.2) is 4.98 Å². The fourth-order valence-corrected chi connectivity index (χ4v) is 3.20. The van der Waals surface area contributed by atoms with E-state index in [1.165, 1.54) is 6.42 Å². The van der Waals surface area contributed by atoms with Gasteiger partial charge in [-0.15, -0.1) is 0 Å². The highest BCUT2D eigenvalue weighted by Crippen LogP contribution is 2.27. The van der Waals surface area contributed by atoms with Gasteiger partial charge < -0.3 is 4.98 Å². The molecule has 0 fully saturated rings. The Hall–Kier alpha value is -0.990. The Bertz CT molecular complexity index is 676. The number of benzene rings is 1. The van der Waals surface area contributed by atoms with E-state index >= 15 is 0 Å². The van der Waals surface area contributed by atoms with Crippen molar-refractivity contribution >= 4 is 34.1 Å². The summed E-state index contributed by atoms with van der Waals surface area (Å²) in [5.74, 6) is 0. The van der Waals surface area contributed by atoms with Gasteiger partial charge in [-0.1, -0.05) is 29.6 Å². The van der Waals surface area contributed by atoms with Crippen molar-refractivity contribution in [1.82, 2.24) is 4.98 Å². The zero-order chi connectivity index (χ0) is 12.7. The standard InChI is InChI=1S/C14H13Cl2NO/c15-8-6-10-13(11(16)7-8)17-12-5-3-1-2-4-9(12)14(10)18/h6-7H,1-5H2,(H,17,18). The van der Waals surface area contributed by atoms with E-state index in [4.69, 9.17) is 23.2 Å². The topological polar surface area (TPSA) is 32.9 Å². The molecule has 0 unspecified atom stereocenters. The maximum absolute atomic E-state index is 12.5. The third-order valence-electron chi connectivity index (χ3n) is 3.57. The summed E-state index contributed by atoms with van der Waals surface area (Å²) in [6, 6.07) is 3.37. The van der Waals surface area contributed by atoms with Crippen LogP contribution in [0, 0.1) is 0 Å². The van der Waals surface area contributed by atoms with Gasteiger partial charge in [-0.25, -0.2) is 0 Å². The first kappa shape index (κ1) is 12.1. The normalized spacial score (nSPS) is 15.4. The van der Waals surface area contributed by atoms with E-state index in [0.29, 0.717) is 20.9 Å². The SMILES string of the molecule is O=c1c2c([nH]c3c(Cl)cc(Cl)cc13)CCCCC2. The van der Waals surface area contributed by atoms with Crippen molar-refractivity contribution in [3.8, 4) is 0 Å². The zero-order valence-corrected chi connectivity index (χ0v) is 11.4. The first-order chi connectivity index (χ1) is 8.66. The smallest absolute Gasteiger partial charge is 0.192 e. The van der Waals surface area contributed by atoms with Crippen LogP contribution >= 0.6 is 23.2 Å². The van der Waals surface area contributed by atoms with E-state index in [9.17, 15) is 4.79 Å². The Kier molecular flexibility index (Phi) is 3.08. The van der Waals surface area contributed by atoms with Gasteiger partial charge in [0, 0.05) is 21.7 Å². The summed E-state index contributed by atoms with van der Waals surface area (Å²) in [5.41, 5.74) is 2.77. The van der Waals surface area contributed by atoms with Gasteiger partial charge in [0.05, 0.1) is 10.5 Å². The number of fused-ring (bicyclic) bond motifs is 2. The molecule has 0 amide bonds. The molecule has 0 atom stereocenters. The van der Waals surface area contributed by atoms with E-state index in [1.54, 1.807) is 12.1 Å². The summed E-state index contributed by atoms with van der Waals surface area (Å²) in [6.45, 7) is 0. The monoisotopic (exact) mass is 281 g/mol. The predicted octanol–water partition coefficient (Wildman–Crippen LogP) is 4.10. The highest BCUT2D eigenvalue weighted by molar-refractivity contribution is 6.38. The molecule has 0 saturated heterocycles. The molecule has 4 heteroatoms. The van der Waals surface area contributed by atoms with Gasteiger partial charge in [0.1, 0.15) is 0 Å². The highest BCUT2D eigenvalue weighted by atomic mass is 35.5. The summed E-state index contributed by atoms with van der Waals surface area (Å²) in [5, 5.41) is 1.63. The fraction of sp³-hybridized carbons (Fsp3) is 0.357. The lowest BCUT2D eigenvalue weighted by atomic mass is 10.0. The van der Waals surface area contributed by atoms with Crippen LogP contribution in [0.2, 0.25) is 10.0 Å².